The first-order valence-corrected chi connectivity index (χ1v) is 34.5. The highest BCUT2D eigenvalue weighted by Gasteiger charge is 2.39. The number of aromatic nitrogens is 5. The quantitative estimate of drug-likeness (QED) is 0.0103. The lowest BCUT2D eigenvalue weighted by atomic mass is 9.96. The third-order valence-electron chi connectivity index (χ3n) is 17.0. The van der Waals surface area contributed by atoms with Gasteiger partial charge in [0.1, 0.15) is 66.2 Å². The Labute approximate surface area is 613 Å². The highest BCUT2D eigenvalue weighted by Crippen LogP contribution is 2.21. The third-order valence-corrected chi connectivity index (χ3v) is 17.0. The fourth-order valence-electron chi connectivity index (χ4n) is 11.2. The van der Waals surface area contributed by atoms with E-state index >= 15 is 4.79 Å². The van der Waals surface area contributed by atoms with Crippen LogP contribution in [0.15, 0.2) is 79.8 Å². The summed E-state index contributed by atoms with van der Waals surface area (Å²) in [6.07, 6.45) is 2.77. The summed E-state index contributed by atoms with van der Waals surface area (Å²) in [5, 5.41) is 85.4. The smallest absolute Gasteiger partial charge is 0.326 e. The van der Waals surface area contributed by atoms with E-state index in [1.54, 1.807) is 51.2 Å². The van der Waals surface area contributed by atoms with Crippen LogP contribution in [0.25, 0.3) is 10.9 Å². The number of benzene rings is 2. The van der Waals surface area contributed by atoms with Crippen LogP contribution in [0.3, 0.4) is 0 Å². The average molecular weight is 1500 g/mol. The molecule has 0 saturated heterocycles. The van der Waals surface area contributed by atoms with Gasteiger partial charge in [0.25, 0.3) is 0 Å². The number of nitrogens with one attached hydrogen (secondary N) is 15. The Morgan fingerprint density at radius 1 is 0.505 bits per heavy atom. The van der Waals surface area contributed by atoms with Crippen LogP contribution >= 0.6 is 0 Å². The number of nitrogens with zero attached hydrogens (tertiary/aromatic N) is 2. The van der Waals surface area contributed by atoms with Crippen LogP contribution in [-0.4, -0.2) is 219 Å². The second-order valence-corrected chi connectivity index (χ2v) is 26.1. The van der Waals surface area contributed by atoms with Gasteiger partial charge in [-0.25, -0.2) is 14.8 Å². The number of aliphatic carboxylic acids is 4. The zero-order valence-corrected chi connectivity index (χ0v) is 59.4. The molecule has 0 fully saturated rings. The van der Waals surface area contributed by atoms with Crippen molar-refractivity contribution >= 4 is 99.8 Å². The lowest BCUT2D eigenvalue weighted by Gasteiger charge is -2.29. The van der Waals surface area contributed by atoms with Crippen LogP contribution in [0.4, 0.5) is 0 Å². The number of phenolic OH excluding ortho intramolecular Hbond substituents is 1. The van der Waals surface area contributed by atoms with Crippen LogP contribution < -0.4 is 75.7 Å². The molecule has 39 heteroatoms. The van der Waals surface area contributed by atoms with Gasteiger partial charge in [-0.15, -0.1) is 0 Å². The molecule has 39 nitrogen and oxygen atoms in total. The first-order chi connectivity index (χ1) is 50.7. The predicted molar refractivity (Wildman–Crippen MR) is 381 cm³/mol. The standard InChI is InChI=1S/C68H96N20O19/c1-5-35(4)56(88-65(104)49(24-38-30-73-32-77-38)84-63(102)50(27-54(92)93)85-58(97)45(14-10-20-75-68(71)72)80-60(99)46(21-34(2)3)81-57(96)42(70)26-53(90)91)66(105)86-51(28-55(94)95)64(103)82-47(22-36-15-17-40(89)18-16-36)61(100)83-48(23-37-29-76-43-12-7-6-11-41(37)43)62(101)79-44(13-8-9-19-69)59(98)87-52(67(106)107)25-39-31-74-33-78-39/h6-7,11-12,15-18,29-35,42,44-52,56,76,89H,5,8-10,13-14,19-28,69-70H2,1-4H3,(H,73,77)(H,74,78)(H,79,101)(H,80,99)(H,81,96)(H,82,103)(H,83,100)(H,84,102)(H,85,97)(H,86,105)(H,87,98)(H,88,104)(H,90,91)(H,92,93)(H,94,95)(H,106,107)(H4,71,72,75)/t35-,42-,44-,45-,46-,47-,48-,49-,50-,51-,52-,56-/m0/s1. The number of unbranched alkanes of at least 4 members (excludes halogenated alkanes) is 1. The molecule has 26 N–H and O–H groups in total. The summed E-state index contributed by atoms with van der Waals surface area (Å²) in [5.74, 6) is -18.8. The van der Waals surface area contributed by atoms with Crippen LogP contribution in [0.2, 0.25) is 0 Å². The van der Waals surface area contributed by atoms with Crippen molar-refractivity contribution in [1.82, 2.24) is 83.4 Å². The highest BCUT2D eigenvalue weighted by atomic mass is 16.4. The molecule has 0 aliphatic heterocycles. The van der Waals surface area contributed by atoms with Gasteiger partial charge in [0.05, 0.1) is 38.0 Å². The maximum Gasteiger partial charge on any atom is 0.326 e. The molecule has 107 heavy (non-hydrogen) atoms. The normalized spacial score (nSPS) is 14.5. The number of nitrogens with two attached hydrogens (primary N) is 3. The molecular weight excluding hydrogens is 1400 g/mol. The van der Waals surface area contributed by atoms with Crippen LogP contribution in [0.5, 0.6) is 5.75 Å². The molecule has 5 rings (SSSR count). The van der Waals surface area contributed by atoms with Gasteiger partial charge in [-0.2, -0.15) is 0 Å². The number of imidazole rings is 2. The van der Waals surface area contributed by atoms with E-state index in [1.807, 2.05) is 0 Å². The number of rotatable bonds is 47. The van der Waals surface area contributed by atoms with E-state index in [2.05, 4.69) is 83.4 Å². The number of fused-ring (bicyclic) bond motifs is 1. The minimum Gasteiger partial charge on any atom is -0.508 e. The SMILES string of the molecule is CC[C@H](C)[C@H](NC(=O)[C@H](Cc1cnc[nH]1)NC(=O)[C@H](CC(=O)O)NC(=O)[C@H](CCCNC(=N)N)NC(=O)[C@H](CC(C)C)NC(=O)[C@@H](N)CC(=O)O)C(=O)N[C@@H](CC(=O)O)C(=O)N[C@@H](Cc1ccc(O)cc1)C(=O)N[C@@H](Cc1c[nH]c2ccccc12)C(=O)N[C@@H](CCCCN)C(=O)N[C@@H](Cc1cnc[nH]1)C(=O)O. The molecule has 0 bridgehead atoms. The number of amides is 10. The van der Waals surface area contributed by atoms with Crippen LogP contribution in [0, 0.1) is 17.2 Å². The fraction of sp³-hybridized carbons (Fsp3) is 0.485. The molecule has 582 valence electrons. The first-order valence-electron chi connectivity index (χ1n) is 34.5. The van der Waals surface area contributed by atoms with Crippen molar-refractivity contribution in [3.63, 3.8) is 0 Å². The van der Waals surface area contributed by atoms with Crippen molar-refractivity contribution in [2.75, 3.05) is 13.1 Å². The van der Waals surface area contributed by atoms with E-state index in [4.69, 9.17) is 22.6 Å². The largest absolute Gasteiger partial charge is 0.508 e. The molecule has 0 radical (unpaired) electrons. The molecule has 0 aliphatic carbocycles. The number of carbonyl (C=O) groups excluding carboxylic acids is 10. The maximum absolute atomic E-state index is 15.0. The molecule has 0 aliphatic rings. The van der Waals surface area contributed by atoms with Gasteiger partial charge in [-0.1, -0.05) is 64.4 Å². The molecule has 10 amide bonds. The number of hydrogen-bond acceptors (Lipinski definition) is 20. The van der Waals surface area contributed by atoms with E-state index in [0.717, 1.165) is 0 Å². The number of H-pyrrole nitrogens is 3. The summed E-state index contributed by atoms with van der Waals surface area (Å²) in [7, 11) is 0. The Balaban J connectivity index is 1.44. The summed E-state index contributed by atoms with van der Waals surface area (Å²) < 4.78 is 0. The van der Waals surface area contributed by atoms with Crippen molar-refractivity contribution in [2.24, 2.45) is 29.0 Å². The number of carbonyl (C=O) groups is 14. The van der Waals surface area contributed by atoms with Gasteiger partial charge in [-0.05, 0) is 86.2 Å². The molecule has 0 unspecified atom stereocenters. The molecule has 0 saturated carbocycles. The number of aromatic hydroxyl groups is 1. The van der Waals surface area contributed by atoms with E-state index in [0.29, 0.717) is 34.1 Å². The molecule has 3 heterocycles. The number of carboxylic acid groups (broad SMARTS) is 4. The molecular formula is C68H96N20O19. The van der Waals surface area contributed by atoms with Crippen molar-refractivity contribution in [3.05, 3.63) is 102 Å². The number of carboxylic acids is 4. The van der Waals surface area contributed by atoms with Crippen molar-refractivity contribution < 1.29 is 92.7 Å². The van der Waals surface area contributed by atoms with Crippen molar-refractivity contribution in [1.29, 1.82) is 5.41 Å². The topological polar surface area (TPSA) is 648 Å². The molecule has 3 aromatic heterocycles. The third kappa shape index (κ3) is 28.9. The van der Waals surface area contributed by atoms with E-state index in [1.165, 1.54) is 56.2 Å². The van der Waals surface area contributed by atoms with Gasteiger partial charge in [0.15, 0.2) is 5.96 Å². The number of para-hydroxylation sites is 1. The Hall–Kier alpha value is -12.0. The fourth-order valence-corrected chi connectivity index (χ4v) is 11.2. The van der Waals surface area contributed by atoms with E-state index < -0.39 is 193 Å². The van der Waals surface area contributed by atoms with Crippen molar-refractivity contribution in [3.8, 4) is 5.75 Å². The number of guanidine groups is 1. The minimum absolute atomic E-state index is 0.00485. The van der Waals surface area contributed by atoms with Crippen LogP contribution in [0.1, 0.15) is 114 Å². The Morgan fingerprint density at radius 2 is 0.953 bits per heavy atom. The minimum atomic E-state index is -2.05. The van der Waals surface area contributed by atoms with Gasteiger partial charge >= 0.3 is 23.9 Å². The summed E-state index contributed by atoms with van der Waals surface area (Å²) in [4.78, 5) is 209. The predicted octanol–water partition coefficient (Wildman–Crippen LogP) is -3.24. The molecule has 2 aromatic carbocycles. The van der Waals surface area contributed by atoms with Crippen LogP contribution in [-0.2, 0) is 92.8 Å². The lowest BCUT2D eigenvalue weighted by molar-refractivity contribution is -0.142. The number of hydrogen-bond donors (Lipinski definition) is 23. The Kier molecular flexibility index (Phi) is 34.1. The Bertz CT molecular complexity index is 3870. The average Bonchev–Trinajstić information content (AvgIpc) is 1.74. The maximum atomic E-state index is 15.0. The molecule has 12 atom stereocenters. The van der Waals surface area contributed by atoms with Crippen molar-refractivity contribution in [2.45, 2.75) is 184 Å². The number of phenols is 1. The summed E-state index contributed by atoms with van der Waals surface area (Å²) in [6.45, 7) is 6.68. The van der Waals surface area contributed by atoms with Gasteiger partial charge < -0.3 is 116 Å². The van der Waals surface area contributed by atoms with Gasteiger partial charge in [0.2, 0.25) is 59.1 Å². The summed E-state index contributed by atoms with van der Waals surface area (Å²) in [6, 6.07) is -6.02. The zero-order valence-electron chi connectivity index (χ0n) is 59.4. The number of aromatic amines is 3. The second kappa shape index (κ2) is 42.7. The summed E-state index contributed by atoms with van der Waals surface area (Å²) >= 11 is 0. The van der Waals surface area contributed by atoms with Gasteiger partial charge in [0, 0.05) is 73.1 Å². The summed E-state index contributed by atoms with van der Waals surface area (Å²) in [5.41, 5.74) is 19.0. The highest BCUT2D eigenvalue weighted by molar-refractivity contribution is 6.01. The second-order valence-electron chi connectivity index (χ2n) is 26.1. The first kappa shape index (κ1) is 85.6. The lowest BCUT2D eigenvalue weighted by Crippen LogP contribution is -2.62. The Morgan fingerprint density at radius 3 is 1.46 bits per heavy atom. The zero-order chi connectivity index (χ0) is 79.0. The van der Waals surface area contributed by atoms with Gasteiger partial charge in [-0.3, -0.25) is 67.7 Å². The molecule has 0 spiro atoms. The van der Waals surface area contributed by atoms with E-state index in [9.17, 15) is 87.9 Å². The molecule has 5 aromatic rings. The van der Waals surface area contributed by atoms with E-state index in [-0.39, 0.29) is 81.8 Å². The monoisotopic (exact) mass is 1500 g/mol.